The van der Waals surface area contributed by atoms with E-state index < -0.39 is 0 Å². The van der Waals surface area contributed by atoms with Gasteiger partial charge in [-0.05, 0) is 12.1 Å². The Morgan fingerprint density at radius 1 is 1.50 bits per heavy atom. The number of hydrogen-bond acceptors (Lipinski definition) is 2. The molecule has 0 atom stereocenters. The monoisotopic (exact) mass is 237 g/mol. The first-order chi connectivity index (χ1) is 7.81. The molecule has 2 aromatic heterocycles. The lowest BCUT2D eigenvalue weighted by Crippen LogP contribution is -2.22. The molecule has 0 radical (unpaired) electrons. The minimum Gasteiger partial charge on any atom is -0.352 e. The van der Waals surface area contributed by atoms with Crippen LogP contribution in [0.3, 0.4) is 0 Å². The summed E-state index contributed by atoms with van der Waals surface area (Å²) in [7, 11) is 0. The molecule has 0 aliphatic rings. The number of nitrogens with zero attached hydrogens (tertiary/aromatic N) is 2. The average molecular weight is 238 g/mol. The Balaban J connectivity index is 2.07. The van der Waals surface area contributed by atoms with Crippen molar-refractivity contribution in [2.75, 3.05) is 5.88 Å². The molecule has 5 heteroatoms. The van der Waals surface area contributed by atoms with Gasteiger partial charge in [-0.15, -0.1) is 11.6 Å². The van der Waals surface area contributed by atoms with Crippen LogP contribution in [0.4, 0.5) is 0 Å². The SMILES string of the molecule is O=C(CCCl)NCc1cnn2ccccc12. The van der Waals surface area contributed by atoms with E-state index in [4.69, 9.17) is 11.6 Å². The van der Waals surface area contributed by atoms with Gasteiger partial charge in [-0.25, -0.2) is 4.52 Å². The Kier molecular flexibility index (Phi) is 3.41. The molecule has 0 aromatic carbocycles. The van der Waals surface area contributed by atoms with E-state index in [1.165, 1.54) is 0 Å². The summed E-state index contributed by atoms with van der Waals surface area (Å²) < 4.78 is 1.78. The molecule has 16 heavy (non-hydrogen) atoms. The van der Waals surface area contributed by atoms with E-state index >= 15 is 0 Å². The molecule has 2 rings (SSSR count). The fourth-order valence-corrected chi connectivity index (χ4v) is 1.66. The van der Waals surface area contributed by atoms with Crippen molar-refractivity contribution >= 4 is 23.0 Å². The van der Waals surface area contributed by atoms with Gasteiger partial charge in [0, 0.05) is 30.6 Å². The van der Waals surface area contributed by atoms with E-state index in [1.54, 1.807) is 10.7 Å². The van der Waals surface area contributed by atoms with Gasteiger partial charge in [0.2, 0.25) is 5.91 Å². The second-order valence-corrected chi connectivity index (χ2v) is 3.79. The topological polar surface area (TPSA) is 46.4 Å². The molecule has 4 nitrogen and oxygen atoms in total. The third kappa shape index (κ3) is 2.33. The predicted molar refractivity (Wildman–Crippen MR) is 62.4 cm³/mol. The normalized spacial score (nSPS) is 10.6. The van der Waals surface area contributed by atoms with Crippen LogP contribution < -0.4 is 5.32 Å². The van der Waals surface area contributed by atoms with Gasteiger partial charge in [-0.3, -0.25) is 4.79 Å². The minimum atomic E-state index is -0.0368. The van der Waals surface area contributed by atoms with Gasteiger partial charge < -0.3 is 5.32 Å². The van der Waals surface area contributed by atoms with Crippen LogP contribution in [0, 0.1) is 0 Å². The quantitative estimate of drug-likeness (QED) is 0.821. The highest BCUT2D eigenvalue weighted by Gasteiger charge is 2.04. The fraction of sp³-hybridized carbons (Fsp3) is 0.273. The maximum atomic E-state index is 11.3. The predicted octanol–water partition coefficient (Wildman–Crippen LogP) is 1.58. The largest absolute Gasteiger partial charge is 0.352 e. The molecule has 0 saturated heterocycles. The van der Waals surface area contributed by atoms with E-state index in [9.17, 15) is 4.79 Å². The van der Waals surface area contributed by atoms with Gasteiger partial charge in [0.05, 0.1) is 11.7 Å². The Hall–Kier alpha value is -1.55. The maximum Gasteiger partial charge on any atom is 0.221 e. The number of fused-ring (bicyclic) bond motifs is 1. The van der Waals surface area contributed by atoms with Crippen molar-refractivity contribution in [1.82, 2.24) is 14.9 Å². The van der Waals surface area contributed by atoms with Crippen LogP contribution in [0.2, 0.25) is 0 Å². The number of carbonyl (C=O) groups excluding carboxylic acids is 1. The number of pyridine rings is 1. The molecule has 1 N–H and O–H groups in total. The zero-order valence-electron chi connectivity index (χ0n) is 8.69. The lowest BCUT2D eigenvalue weighted by molar-refractivity contribution is -0.120. The van der Waals surface area contributed by atoms with Gasteiger partial charge in [0.25, 0.3) is 0 Å². The summed E-state index contributed by atoms with van der Waals surface area (Å²) in [6.45, 7) is 0.489. The smallest absolute Gasteiger partial charge is 0.221 e. The molecule has 2 heterocycles. The van der Waals surface area contributed by atoms with E-state index in [2.05, 4.69) is 10.4 Å². The molecule has 0 unspecified atom stereocenters. The van der Waals surface area contributed by atoms with Gasteiger partial charge in [-0.1, -0.05) is 6.07 Å². The van der Waals surface area contributed by atoms with Crippen LogP contribution in [0.25, 0.3) is 5.52 Å². The molecule has 0 aliphatic carbocycles. The summed E-state index contributed by atoms with van der Waals surface area (Å²) in [5, 5.41) is 6.98. The molecule has 0 aliphatic heterocycles. The first kappa shape index (κ1) is 11.0. The molecule has 0 fully saturated rings. The van der Waals surface area contributed by atoms with Crippen LogP contribution >= 0.6 is 11.6 Å². The van der Waals surface area contributed by atoms with Crippen molar-refractivity contribution in [3.63, 3.8) is 0 Å². The minimum absolute atomic E-state index is 0.0368. The highest BCUT2D eigenvalue weighted by atomic mass is 35.5. The standard InChI is InChI=1S/C11H12ClN3O/c12-5-4-11(16)13-7-9-8-14-15-6-2-1-3-10(9)15/h1-3,6,8H,4-5,7H2,(H,13,16). The highest BCUT2D eigenvalue weighted by molar-refractivity contribution is 6.18. The number of aromatic nitrogens is 2. The molecular formula is C11H12ClN3O. The maximum absolute atomic E-state index is 11.3. The van der Waals surface area contributed by atoms with E-state index in [0.717, 1.165) is 11.1 Å². The van der Waals surface area contributed by atoms with Gasteiger partial charge >= 0.3 is 0 Å². The Bertz CT molecular complexity index is 495. The number of halogens is 1. The third-order valence-corrected chi connectivity index (χ3v) is 2.49. The number of rotatable bonds is 4. The summed E-state index contributed by atoms with van der Waals surface area (Å²) in [5.74, 6) is 0.311. The first-order valence-electron chi connectivity index (χ1n) is 5.05. The Labute approximate surface area is 98.2 Å². The highest BCUT2D eigenvalue weighted by Crippen LogP contribution is 2.09. The molecule has 2 aromatic rings. The lowest BCUT2D eigenvalue weighted by Gasteiger charge is -2.02. The van der Waals surface area contributed by atoms with Gasteiger partial charge in [0.15, 0.2) is 0 Å². The van der Waals surface area contributed by atoms with Crippen molar-refractivity contribution in [2.24, 2.45) is 0 Å². The second kappa shape index (κ2) is 4.99. The van der Waals surface area contributed by atoms with Crippen LogP contribution in [-0.4, -0.2) is 21.4 Å². The fourth-order valence-electron chi connectivity index (χ4n) is 1.49. The summed E-state index contributed by atoms with van der Waals surface area (Å²) >= 11 is 5.47. The average Bonchev–Trinajstić information content (AvgIpc) is 2.70. The Morgan fingerprint density at radius 3 is 3.19 bits per heavy atom. The van der Waals surface area contributed by atoms with Crippen molar-refractivity contribution in [1.29, 1.82) is 0 Å². The van der Waals surface area contributed by atoms with Crippen molar-refractivity contribution in [3.05, 3.63) is 36.2 Å². The molecule has 0 saturated carbocycles. The van der Waals surface area contributed by atoms with Crippen LogP contribution in [-0.2, 0) is 11.3 Å². The summed E-state index contributed by atoms with van der Waals surface area (Å²) in [6.07, 6.45) is 3.98. The molecule has 0 bridgehead atoms. The van der Waals surface area contributed by atoms with E-state index in [0.29, 0.717) is 18.8 Å². The van der Waals surface area contributed by atoms with Crippen LogP contribution in [0.15, 0.2) is 30.6 Å². The van der Waals surface area contributed by atoms with Gasteiger partial charge in [-0.2, -0.15) is 5.10 Å². The molecule has 0 spiro atoms. The lowest BCUT2D eigenvalue weighted by atomic mass is 10.2. The van der Waals surface area contributed by atoms with Crippen molar-refractivity contribution in [2.45, 2.75) is 13.0 Å². The first-order valence-corrected chi connectivity index (χ1v) is 5.58. The molecule has 1 amide bonds. The molecule has 84 valence electrons. The van der Waals surface area contributed by atoms with Crippen LogP contribution in [0.1, 0.15) is 12.0 Å². The van der Waals surface area contributed by atoms with Gasteiger partial charge in [0.1, 0.15) is 0 Å². The third-order valence-electron chi connectivity index (χ3n) is 2.30. The van der Waals surface area contributed by atoms with Crippen molar-refractivity contribution in [3.8, 4) is 0 Å². The van der Waals surface area contributed by atoms with Crippen molar-refractivity contribution < 1.29 is 4.79 Å². The second-order valence-electron chi connectivity index (χ2n) is 3.42. The number of amides is 1. The molecular weight excluding hydrogens is 226 g/mol. The number of carbonyl (C=O) groups is 1. The number of hydrogen-bond donors (Lipinski definition) is 1. The zero-order chi connectivity index (χ0) is 11.4. The van der Waals surface area contributed by atoms with Crippen LogP contribution in [0.5, 0.6) is 0 Å². The van der Waals surface area contributed by atoms with E-state index in [1.807, 2.05) is 24.4 Å². The number of alkyl halides is 1. The summed E-state index contributed by atoms with van der Waals surface area (Å²) in [6, 6.07) is 5.83. The van der Waals surface area contributed by atoms with E-state index in [-0.39, 0.29) is 5.91 Å². The Morgan fingerprint density at radius 2 is 2.38 bits per heavy atom. The summed E-state index contributed by atoms with van der Waals surface area (Å²) in [4.78, 5) is 11.3. The summed E-state index contributed by atoms with van der Waals surface area (Å²) in [5.41, 5.74) is 2.01. The zero-order valence-corrected chi connectivity index (χ0v) is 9.44. The number of nitrogens with one attached hydrogen (secondary N) is 1.